The highest BCUT2D eigenvalue weighted by molar-refractivity contribution is 5.99. The van der Waals surface area contributed by atoms with Gasteiger partial charge in [-0.05, 0) is 18.4 Å². The molecule has 1 aromatic rings. The monoisotopic (exact) mass is 260 g/mol. The fourth-order valence-electron chi connectivity index (χ4n) is 2.35. The standard InChI is InChI=1S/C15H20N2O2/c1-10(2)8-9-17-14(16-11(3)18)12-6-4-5-7-13(12)15(17)19/h4-7,10,14H,8-9H2,1-3H3,(H,16,18). The summed E-state index contributed by atoms with van der Waals surface area (Å²) in [6.07, 6.45) is 0.607. The van der Waals surface area contributed by atoms with Gasteiger partial charge in [0.2, 0.25) is 5.91 Å². The van der Waals surface area contributed by atoms with E-state index in [9.17, 15) is 9.59 Å². The molecule has 19 heavy (non-hydrogen) atoms. The summed E-state index contributed by atoms with van der Waals surface area (Å²) in [6, 6.07) is 7.48. The third kappa shape index (κ3) is 2.78. The van der Waals surface area contributed by atoms with Gasteiger partial charge in [-0.25, -0.2) is 0 Å². The molecular formula is C15H20N2O2. The summed E-state index contributed by atoms with van der Waals surface area (Å²) < 4.78 is 0. The SMILES string of the molecule is CC(=O)NC1c2ccccc2C(=O)N1CCC(C)C. The van der Waals surface area contributed by atoms with Gasteiger partial charge >= 0.3 is 0 Å². The van der Waals surface area contributed by atoms with Crippen molar-refractivity contribution in [3.63, 3.8) is 0 Å². The van der Waals surface area contributed by atoms with Crippen LogP contribution in [-0.4, -0.2) is 23.3 Å². The highest BCUT2D eigenvalue weighted by Crippen LogP contribution is 2.31. The number of fused-ring (bicyclic) bond motifs is 1. The van der Waals surface area contributed by atoms with E-state index >= 15 is 0 Å². The first-order chi connectivity index (χ1) is 9.00. The van der Waals surface area contributed by atoms with Crippen LogP contribution in [0.3, 0.4) is 0 Å². The van der Waals surface area contributed by atoms with Crippen molar-refractivity contribution in [2.24, 2.45) is 5.92 Å². The number of amides is 2. The van der Waals surface area contributed by atoms with Crippen molar-refractivity contribution in [2.75, 3.05) is 6.54 Å². The zero-order chi connectivity index (χ0) is 14.0. The molecule has 0 aromatic heterocycles. The largest absolute Gasteiger partial charge is 0.332 e. The molecule has 0 radical (unpaired) electrons. The Morgan fingerprint density at radius 1 is 1.37 bits per heavy atom. The molecule has 1 heterocycles. The lowest BCUT2D eigenvalue weighted by molar-refractivity contribution is -0.120. The van der Waals surface area contributed by atoms with Crippen molar-refractivity contribution in [3.05, 3.63) is 35.4 Å². The van der Waals surface area contributed by atoms with E-state index in [0.717, 1.165) is 12.0 Å². The highest BCUT2D eigenvalue weighted by Gasteiger charge is 2.36. The first-order valence-electron chi connectivity index (χ1n) is 6.67. The van der Waals surface area contributed by atoms with Crippen LogP contribution in [0.5, 0.6) is 0 Å². The van der Waals surface area contributed by atoms with Crippen molar-refractivity contribution in [3.8, 4) is 0 Å². The van der Waals surface area contributed by atoms with E-state index in [-0.39, 0.29) is 18.0 Å². The van der Waals surface area contributed by atoms with Crippen LogP contribution >= 0.6 is 0 Å². The number of benzene rings is 1. The second kappa shape index (κ2) is 5.43. The average molecular weight is 260 g/mol. The maximum Gasteiger partial charge on any atom is 0.256 e. The lowest BCUT2D eigenvalue weighted by atomic mass is 10.1. The fourth-order valence-corrected chi connectivity index (χ4v) is 2.35. The molecule has 0 aliphatic carbocycles. The van der Waals surface area contributed by atoms with Gasteiger partial charge in [0, 0.05) is 24.6 Å². The van der Waals surface area contributed by atoms with Gasteiger partial charge in [-0.3, -0.25) is 9.59 Å². The van der Waals surface area contributed by atoms with Gasteiger partial charge in [-0.15, -0.1) is 0 Å². The molecule has 1 N–H and O–H groups in total. The van der Waals surface area contributed by atoms with Crippen LogP contribution in [0.25, 0.3) is 0 Å². The molecule has 2 amide bonds. The third-order valence-electron chi connectivity index (χ3n) is 3.35. The average Bonchev–Trinajstić information content (AvgIpc) is 2.60. The molecule has 4 nitrogen and oxygen atoms in total. The van der Waals surface area contributed by atoms with E-state index in [1.807, 2.05) is 24.3 Å². The summed E-state index contributed by atoms with van der Waals surface area (Å²) >= 11 is 0. The third-order valence-corrected chi connectivity index (χ3v) is 3.35. The van der Waals surface area contributed by atoms with Crippen LogP contribution in [0.1, 0.15) is 49.3 Å². The number of carbonyl (C=O) groups excluding carboxylic acids is 2. The molecule has 1 unspecified atom stereocenters. The van der Waals surface area contributed by atoms with E-state index in [2.05, 4.69) is 19.2 Å². The summed E-state index contributed by atoms with van der Waals surface area (Å²) in [4.78, 5) is 25.5. The molecule has 0 saturated carbocycles. The van der Waals surface area contributed by atoms with Crippen molar-refractivity contribution in [1.82, 2.24) is 10.2 Å². The lowest BCUT2D eigenvalue weighted by Crippen LogP contribution is -2.39. The Morgan fingerprint density at radius 2 is 2.05 bits per heavy atom. The molecule has 1 aliphatic rings. The van der Waals surface area contributed by atoms with Gasteiger partial charge in [-0.2, -0.15) is 0 Å². The van der Waals surface area contributed by atoms with Gasteiger partial charge in [0.05, 0.1) is 0 Å². The van der Waals surface area contributed by atoms with Gasteiger partial charge < -0.3 is 10.2 Å². The molecule has 102 valence electrons. The van der Waals surface area contributed by atoms with E-state index in [1.54, 1.807) is 4.90 Å². The number of rotatable bonds is 4. The molecule has 0 bridgehead atoms. The molecule has 1 aliphatic heterocycles. The Bertz CT molecular complexity index is 497. The van der Waals surface area contributed by atoms with Crippen molar-refractivity contribution >= 4 is 11.8 Å². The minimum absolute atomic E-state index is 0.00926. The molecule has 0 saturated heterocycles. The summed E-state index contributed by atoms with van der Waals surface area (Å²) in [6.45, 7) is 6.39. The Morgan fingerprint density at radius 3 is 2.68 bits per heavy atom. The molecule has 4 heteroatoms. The molecule has 0 fully saturated rings. The van der Waals surface area contributed by atoms with E-state index < -0.39 is 0 Å². The molecule has 1 aromatic carbocycles. The number of carbonyl (C=O) groups is 2. The van der Waals surface area contributed by atoms with Gasteiger partial charge in [0.25, 0.3) is 5.91 Å². The van der Waals surface area contributed by atoms with Crippen LogP contribution < -0.4 is 5.32 Å². The predicted molar refractivity (Wildman–Crippen MR) is 73.5 cm³/mol. The molecule has 2 rings (SSSR count). The number of nitrogens with one attached hydrogen (secondary N) is 1. The van der Waals surface area contributed by atoms with E-state index in [1.165, 1.54) is 6.92 Å². The number of hydrogen-bond acceptors (Lipinski definition) is 2. The second-order valence-electron chi connectivity index (χ2n) is 5.37. The minimum Gasteiger partial charge on any atom is -0.332 e. The van der Waals surface area contributed by atoms with Crippen LogP contribution in [-0.2, 0) is 4.79 Å². The van der Waals surface area contributed by atoms with Crippen molar-refractivity contribution < 1.29 is 9.59 Å². The van der Waals surface area contributed by atoms with E-state index in [0.29, 0.717) is 18.0 Å². The second-order valence-corrected chi connectivity index (χ2v) is 5.37. The van der Waals surface area contributed by atoms with E-state index in [4.69, 9.17) is 0 Å². The van der Waals surface area contributed by atoms with Gasteiger partial charge in [0.15, 0.2) is 0 Å². The van der Waals surface area contributed by atoms with Crippen molar-refractivity contribution in [1.29, 1.82) is 0 Å². The molecule has 0 spiro atoms. The molecule has 1 atom stereocenters. The van der Waals surface area contributed by atoms with Crippen molar-refractivity contribution in [2.45, 2.75) is 33.4 Å². The summed E-state index contributed by atoms with van der Waals surface area (Å²) in [5, 5.41) is 2.87. The van der Waals surface area contributed by atoms with Crippen LogP contribution in [0.2, 0.25) is 0 Å². The van der Waals surface area contributed by atoms with Crippen LogP contribution in [0, 0.1) is 5.92 Å². The lowest BCUT2D eigenvalue weighted by Gasteiger charge is -2.26. The summed E-state index contributed by atoms with van der Waals surface area (Å²) in [5.41, 5.74) is 1.59. The number of nitrogens with zero attached hydrogens (tertiary/aromatic N) is 1. The van der Waals surface area contributed by atoms with Crippen LogP contribution in [0.15, 0.2) is 24.3 Å². The smallest absolute Gasteiger partial charge is 0.256 e. The Kier molecular flexibility index (Phi) is 3.88. The first kappa shape index (κ1) is 13.6. The Hall–Kier alpha value is -1.84. The first-order valence-corrected chi connectivity index (χ1v) is 6.67. The molecular weight excluding hydrogens is 240 g/mol. The van der Waals surface area contributed by atoms with Gasteiger partial charge in [-0.1, -0.05) is 32.0 Å². The zero-order valence-corrected chi connectivity index (χ0v) is 11.6. The van der Waals surface area contributed by atoms with Gasteiger partial charge in [0.1, 0.15) is 6.17 Å². The number of hydrogen-bond donors (Lipinski definition) is 1. The highest BCUT2D eigenvalue weighted by atomic mass is 16.2. The van der Waals surface area contributed by atoms with Crippen LogP contribution in [0.4, 0.5) is 0 Å². The summed E-state index contributed by atoms with van der Waals surface area (Å²) in [5.74, 6) is 0.411. The normalized spacial score (nSPS) is 17.8. The zero-order valence-electron chi connectivity index (χ0n) is 11.6. The maximum atomic E-state index is 12.4. The fraction of sp³-hybridized carbons (Fsp3) is 0.467. The Balaban J connectivity index is 2.27. The maximum absolute atomic E-state index is 12.4. The Labute approximate surface area is 113 Å². The topological polar surface area (TPSA) is 49.4 Å². The minimum atomic E-state index is -0.319. The summed E-state index contributed by atoms with van der Waals surface area (Å²) in [7, 11) is 0. The predicted octanol–water partition coefficient (Wildman–Crippen LogP) is 2.32. The quantitative estimate of drug-likeness (QED) is 0.903.